The number of hydrogen-bond donors (Lipinski definition) is 3. The molecule has 2 bridgehead atoms. The quantitative estimate of drug-likeness (QED) is 0.557. The van der Waals surface area contributed by atoms with Crippen LogP contribution in [0.2, 0.25) is 0 Å². The van der Waals surface area contributed by atoms with Crippen LogP contribution in [0.1, 0.15) is 45.4 Å². The van der Waals surface area contributed by atoms with Crippen LogP contribution >= 0.6 is 0 Å². The first-order chi connectivity index (χ1) is 17.1. The van der Waals surface area contributed by atoms with E-state index in [4.69, 9.17) is 4.74 Å². The molecule has 0 aromatic carbocycles. The van der Waals surface area contributed by atoms with Gasteiger partial charge in [-0.2, -0.15) is 5.26 Å². The monoisotopic (exact) mass is 490 g/mol. The number of carbonyl (C=O) groups is 1. The van der Waals surface area contributed by atoms with Gasteiger partial charge in [-0.25, -0.2) is 0 Å². The van der Waals surface area contributed by atoms with Crippen molar-refractivity contribution in [2.24, 2.45) is 16.7 Å². The number of rotatable bonds is 3. The normalized spacial score (nSPS) is 44.6. The van der Waals surface area contributed by atoms with Crippen LogP contribution in [-0.2, 0) is 9.53 Å². The summed E-state index contributed by atoms with van der Waals surface area (Å²) in [6.45, 7) is 2.14. The lowest BCUT2D eigenvalue weighted by Gasteiger charge is -2.61. The molecule has 2 spiro atoms. The molecule has 2 aliphatic heterocycles. The standard InChI is InChI=1S/C28H34N4O4/c1-25-8-9-26(16-29)13-19-22(33)23(34)20(32(2)3)14-27(19)10-11-28(26,36-27)21(25)7-6-18(25)24(35)31-17-5-4-12-30-15-17/h4-6,12-13,15,20-23,33-34H,7-11,14H2,1-3H3,(H,31,35)/t20-,21?,22+,23+,25+,26?,27+,28-/m0/s1. The van der Waals surface area contributed by atoms with E-state index in [2.05, 4.69) is 23.3 Å². The van der Waals surface area contributed by atoms with Gasteiger partial charge < -0.3 is 25.2 Å². The van der Waals surface area contributed by atoms with Gasteiger partial charge in [0.1, 0.15) is 11.5 Å². The van der Waals surface area contributed by atoms with Crippen molar-refractivity contribution in [1.82, 2.24) is 9.88 Å². The molecule has 2 unspecified atom stereocenters. The summed E-state index contributed by atoms with van der Waals surface area (Å²) >= 11 is 0. The minimum Gasteiger partial charge on any atom is -0.388 e. The summed E-state index contributed by atoms with van der Waals surface area (Å²) in [5, 5.41) is 35.7. The predicted molar refractivity (Wildman–Crippen MR) is 132 cm³/mol. The van der Waals surface area contributed by atoms with E-state index in [-0.39, 0.29) is 17.9 Å². The first-order valence-electron chi connectivity index (χ1n) is 12.9. The number of hydrogen-bond acceptors (Lipinski definition) is 7. The number of carbonyl (C=O) groups excluding carboxylic acids is 1. The average molecular weight is 491 g/mol. The number of anilines is 1. The van der Waals surface area contributed by atoms with E-state index in [9.17, 15) is 20.3 Å². The molecule has 2 saturated carbocycles. The van der Waals surface area contributed by atoms with Crippen LogP contribution in [0.25, 0.3) is 0 Å². The number of aliphatic hydroxyl groups is 2. The number of aliphatic hydroxyl groups excluding tert-OH is 2. The van der Waals surface area contributed by atoms with Gasteiger partial charge >= 0.3 is 0 Å². The summed E-state index contributed by atoms with van der Waals surface area (Å²) in [7, 11) is 3.82. The number of nitriles is 1. The molecule has 0 radical (unpaired) electrons. The Morgan fingerprint density at radius 3 is 2.78 bits per heavy atom. The molecule has 3 fully saturated rings. The maximum Gasteiger partial charge on any atom is 0.251 e. The maximum atomic E-state index is 13.4. The van der Waals surface area contributed by atoms with Crippen LogP contribution in [0.4, 0.5) is 5.69 Å². The summed E-state index contributed by atoms with van der Waals surface area (Å²) in [6, 6.07) is 5.97. The van der Waals surface area contributed by atoms with Crippen LogP contribution in [0.3, 0.4) is 0 Å². The Kier molecular flexibility index (Phi) is 5.10. The van der Waals surface area contributed by atoms with Crippen molar-refractivity contribution in [3.63, 3.8) is 0 Å². The zero-order chi connectivity index (χ0) is 25.5. The smallest absolute Gasteiger partial charge is 0.251 e. The summed E-state index contributed by atoms with van der Waals surface area (Å²) in [4.78, 5) is 19.5. The molecule has 1 aromatic rings. The molecule has 3 heterocycles. The minimum atomic E-state index is -1.07. The third kappa shape index (κ3) is 2.89. The number of amides is 1. The average Bonchev–Trinajstić information content (AvgIpc) is 3.39. The summed E-state index contributed by atoms with van der Waals surface area (Å²) in [5.41, 5.74) is -0.703. The lowest BCUT2D eigenvalue weighted by atomic mass is 9.49. The second-order valence-electron chi connectivity index (χ2n) is 11.9. The highest BCUT2D eigenvalue weighted by Gasteiger charge is 2.74. The van der Waals surface area contributed by atoms with E-state index in [1.54, 1.807) is 18.5 Å². The first kappa shape index (κ1) is 23.8. The van der Waals surface area contributed by atoms with Crippen LogP contribution in [0.15, 0.2) is 47.8 Å². The van der Waals surface area contributed by atoms with E-state index in [1.165, 1.54) is 0 Å². The summed E-state index contributed by atoms with van der Waals surface area (Å²) < 4.78 is 7.14. The van der Waals surface area contributed by atoms with Crippen molar-refractivity contribution in [3.05, 3.63) is 47.8 Å². The molecule has 8 atom stereocenters. The molecule has 190 valence electrons. The van der Waals surface area contributed by atoms with Crippen LogP contribution in [0.5, 0.6) is 0 Å². The number of aromatic nitrogens is 1. The topological polar surface area (TPSA) is 119 Å². The van der Waals surface area contributed by atoms with Gasteiger partial charge in [0.25, 0.3) is 5.91 Å². The van der Waals surface area contributed by atoms with Crippen LogP contribution < -0.4 is 5.32 Å². The number of nitrogens with zero attached hydrogens (tertiary/aromatic N) is 3. The van der Waals surface area contributed by atoms with E-state index in [0.717, 1.165) is 5.57 Å². The number of fused-ring (bicyclic) bond motifs is 1. The molecular weight excluding hydrogens is 456 g/mol. The fourth-order valence-electron chi connectivity index (χ4n) is 8.23. The van der Waals surface area contributed by atoms with Crippen molar-refractivity contribution in [2.45, 2.75) is 74.9 Å². The number of nitrogens with one attached hydrogen (secondary N) is 1. The second-order valence-corrected chi connectivity index (χ2v) is 11.9. The molecule has 36 heavy (non-hydrogen) atoms. The number of pyridine rings is 1. The molecule has 1 amide bonds. The Balaban J connectivity index is 1.38. The summed E-state index contributed by atoms with van der Waals surface area (Å²) in [6.07, 6.45) is 9.12. The number of likely N-dealkylation sites (N-methyl/N-ethyl adjacent to an activating group) is 1. The Morgan fingerprint density at radius 2 is 2.08 bits per heavy atom. The lowest BCUT2D eigenvalue weighted by Crippen LogP contribution is -2.66. The predicted octanol–water partition coefficient (Wildman–Crippen LogP) is 2.56. The van der Waals surface area contributed by atoms with Crippen molar-refractivity contribution in [3.8, 4) is 6.07 Å². The molecule has 1 aromatic heterocycles. The van der Waals surface area contributed by atoms with Crippen molar-refractivity contribution >= 4 is 11.6 Å². The number of ether oxygens (including phenoxy) is 1. The van der Waals surface area contributed by atoms with Gasteiger partial charge in [0.05, 0.1) is 35.3 Å². The molecule has 6 rings (SSSR count). The fraction of sp³-hybridized carbons (Fsp3) is 0.607. The molecule has 5 aliphatic rings. The van der Waals surface area contributed by atoms with Crippen LogP contribution in [-0.4, -0.2) is 69.6 Å². The Bertz CT molecular complexity index is 1210. The lowest BCUT2D eigenvalue weighted by molar-refractivity contribution is -0.224. The zero-order valence-electron chi connectivity index (χ0n) is 21.1. The van der Waals surface area contributed by atoms with Gasteiger partial charge in [-0.3, -0.25) is 9.78 Å². The van der Waals surface area contributed by atoms with Gasteiger partial charge in [0, 0.05) is 29.1 Å². The van der Waals surface area contributed by atoms with Crippen LogP contribution in [0, 0.1) is 28.1 Å². The molecule has 3 N–H and O–H groups in total. The van der Waals surface area contributed by atoms with Crippen molar-refractivity contribution in [2.75, 3.05) is 19.4 Å². The third-order valence-electron chi connectivity index (χ3n) is 10.1. The fourth-order valence-corrected chi connectivity index (χ4v) is 8.23. The van der Waals surface area contributed by atoms with Gasteiger partial charge in [-0.05, 0) is 70.3 Å². The van der Waals surface area contributed by atoms with Gasteiger partial charge in [0.2, 0.25) is 0 Å². The SMILES string of the molecule is CN(C)[C@H]1C[C@@]23CC[C@]4(O2)C2CC=C(C(=O)Nc5cccnc5)[C@@]2(C)CCC4(C#N)C=C3[C@@H](O)[C@@H]1O. The van der Waals surface area contributed by atoms with Gasteiger partial charge in [-0.15, -0.1) is 0 Å². The molecular formula is C28H34N4O4. The molecule has 8 nitrogen and oxygen atoms in total. The van der Waals surface area contributed by atoms with E-state index < -0.39 is 34.2 Å². The van der Waals surface area contributed by atoms with E-state index >= 15 is 0 Å². The third-order valence-corrected chi connectivity index (χ3v) is 10.1. The highest BCUT2D eigenvalue weighted by atomic mass is 16.5. The summed E-state index contributed by atoms with van der Waals surface area (Å²) in [5.74, 6) is -0.162. The van der Waals surface area contributed by atoms with E-state index in [0.29, 0.717) is 49.8 Å². The Morgan fingerprint density at radius 1 is 1.28 bits per heavy atom. The second kappa shape index (κ2) is 7.72. The van der Waals surface area contributed by atoms with Gasteiger partial charge in [-0.1, -0.05) is 19.1 Å². The highest BCUT2D eigenvalue weighted by Crippen LogP contribution is 2.72. The minimum absolute atomic E-state index is 0.0352. The van der Waals surface area contributed by atoms with Crippen molar-refractivity contribution in [1.29, 1.82) is 5.26 Å². The van der Waals surface area contributed by atoms with E-state index in [1.807, 2.05) is 37.2 Å². The highest BCUT2D eigenvalue weighted by molar-refractivity contribution is 6.05. The maximum absolute atomic E-state index is 13.4. The number of allylic oxidation sites excluding steroid dienone is 1. The Labute approximate surface area is 211 Å². The molecule has 3 aliphatic carbocycles. The van der Waals surface area contributed by atoms with Gasteiger partial charge in [0.15, 0.2) is 0 Å². The molecule has 1 saturated heterocycles. The zero-order valence-corrected chi connectivity index (χ0v) is 21.1. The first-order valence-corrected chi connectivity index (χ1v) is 12.9. The Hall–Kier alpha value is -2.57. The molecule has 8 heteroatoms. The van der Waals surface area contributed by atoms with Crippen molar-refractivity contribution < 1.29 is 19.7 Å². The largest absolute Gasteiger partial charge is 0.388 e.